The van der Waals surface area contributed by atoms with Gasteiger partial charge in [0.15, 0.2) is 0 Å². The van der Waals surface area contributed by atoms with Crippen LogP contribution >= 0.6 is 0 Å². The fourth-order valence-corrected chi connectivity index (χ4v) is 2.73. The summed E-state index contributed by atoms with van der Waals surface area (Å²) in [5, 5.41) is 5.47. The maximum absolute atomic E-state index is 12.0. The number of hydrogen-bond acceptors (Lipinski definition) is 5. The van der Waals surface area contributed by atoms with E-state index in [2.05, 4.69) is 10.6 Å². The number of carbonyl (C=O) groups is 2. The Morgan fingerprint density at radius 2 is 1.86 bits per heavy atom. The van der Waals surface area contributed by atoms with Crippen molar-refractivity contribution >= 4 is 17.9 Å². The fraction of sp³-hybridized carbons (Fsp3) is 0.333. The molecule has 1 aliphatic heterocycles. The van der Waals surface area contributed by atoms with Gasteiger partial charge in [-0.2, -0.15) is 0 Å². The first-order chi connectivity index (χ1) is 13.3. The largest absolute Gasteiger partial charge is 0.491 e. The smallest absolute Gasteiger partial charge is 0.411 e. The zero-order chi connectivity index (χ0) is 20.1. The molecular weight excluding hydrogens is 360 g/mol. The van der Waals surface area contributed by atoms with Crippen LogP contribution in [-0.4, -0.2) is 24.4 Å². The van der Waals surface area contributed by atoms with Crippen LogP contribution in [-0.2, 0) is 16.1 Å². The number of nitrogens with one attached hydrogen (secondary N) is 2. The molecule has 2 N–H and O–H groups in total. The molecule has 0 bridgehead atoms. The van der Waals surface area contributed by atoms with Gasteiger partial charge in [0, 0.05) is 17.3 Å². The second-order valence-electron chi connectivity index (χ2n) is 7.45. The van der Waals surface area contributed by atoms with E-state index < -0.39 is 17.8 Å². The van der Waals surface area contributed by atoms with Gasteiger partial charge < -0.3 is 19.5 Å². The molecule has 7 heteroatoms. The summed E-state index contributed by atoms with van der Waals surface area (Å²) in [7, 11) is 0. The maximum Gasteiger partial charge on any atom is 0.411 e. The van der Waals surface area contributed by atoms with Gasteiger partial charge in [0.2, 0.25) is 0 Å². The van der Waals surface area contributed by atoms with Gasteiger partial charge in [0.05, 0.1) is 6.04 Å². The van der Waals surface area contributed by atoms with Gasteiger partial charge in [0.25, 0.3) is 0 Å². The molecule has 7 nitrogen and oxygen atoms in total. The van der Waals surface area contributed by atoms with E-state index in [-0.39, 0.29) is 12.6 Å². The highest BCUT2D eigenvalue weighted by Crippen LogP contribution is 2.34. The predicted molar refractivity (Wildman–Crippen MR) is 104 cm³/mol. The van der Waals surface area contributed by atoms with E-state index >= 15 is 0 Å². The van der Waals surface area contributed by atoms with Crippen molar-refractivity contribution in [1.29, 1.82) is 0 Å². The number of benzene rings is 2. The first kappa shape index (κ1) is 19.5. The monoisotopic (exact) mass is 384 g/mol. The fourth-order valence-electron chi connectivity index (χ4n) is 2.73. The summed E-state index contributed by atoms with van der Waals surface area (Å²) in [6.45, 7) is 5.91. The molecule has 0 saturated carbocycles. The van der Waals surface area contributed by atoms with Crippen molar-refractivity contribution in [3.8, 4) is 5.75 Å². The third kappa shape index (κ3) is 5.39. The van der Waals surface area contributed by atoms with E-state index in [1.807, 2.05) is 30.3 Å². The van der Waals surface area contributed by atoms with Crippen LogP contribution in [0, 0.1) is 0 Å². The molecule has 1 aliphatic rings. The molecule has 0 aromatic heterocycles. The van der Waals surface area contributed by atoms with Crippen LogP contribution in [0.3, 0.4) is 0 Å². The molecule has 1 atom stereocenters. The van der Waals surface area contributed by atoms with Crippen molar-refractivity contribution in [1.82, 2.24) is 5.32 Å². The number of carbonyl (C=O) groups excluding carboxylic acids is 2. The number of fused-ring (bicyclic) bond motifs is 1. The topological polar surface area (TPSA) is 85.9 Å². The zero-order valence-corrected chi connectivity index (χ0v) is 16.2. The quantitative estimate of drug-likeness (QED) is 0.816. The van der Waals surface area contributed by atoms with Crippen LogP contribution in [0.5, 0.6) is 5.75 Å². The Hall–Kier alpha value is -3.22. The van der Waals surface area contributed by atoms with Crippen molar-refractivity contribution in [2.24, 2.45) is 0 Å². The molecule has 0 unspecified atom stereocenters. The van der Waals surface area contributed by atoms with Crippen molar-refractivity contribution in [2.75, 3.05) is 11.9 Å². The van der Waals surface area contributed by atoms with Crippen molar-refractivity contribution in [3.05, 3.63) is 59.7 Å². The van der Waals surface area contributed by atoms with Gasteiger partial charge in [-0.1, -0.05) is 36.4 Å². The summed E-state index contributed by atoms with van der Waals surface area (Å²) in [5.74, 6) is 0.599. The van der Waals surface area contributed by atoms with Gasteiger partial charge in [-0.15, -0.1) is 0 Å². The van der Waals surface area contributed by atoms with Crippen LogP contribution in [0.15, 0.2) is 48.5 Å². The lowest BCUT2D eigenvalue weighted by Crippen LogP contribution is -2.35. The van der Waals surface area contributed by atoms with Gasteiger partial charge in [-0.3, -0.25) is 5.32 Å². The van der Waals surface area contributed by atoms with Crippen LogP contribution in [0.25, 0.3) is 0 Å². The average molecular weight is 384 g/mol. The van der Waals surface area contributed by atoms with Gasteiger partial charge in [-0.25, -0.2) is 9.59 Å². The Morgan fingerprint density at radius 3 is 2.57 bits per heavy atom. The van der Waals surface area contributed by atoms with Crippen LogP contribution in [0.4, 0.5) is 15.3 Å². The van der Waals surface area contributed by atoms with E-state index in [9.17, 15) is 9.59 Å². The number of amides is 2. The molecule has 148 valence electrons. The Labute approximate surface area is 164 Å². The first-order valence-electron chi connectivity index (χ1n) is 9.04. The number of rotatable bonds is 4. The molecule has 0 fully saturated rings. The molecule has 0 radical (unpaired) electrons. The summed E-state index contributed by atoms with van der Waals surface area (Å²) < 4.78 is 16.1. The normalized spacial score (nSPS) is 15.2. The lowest BCUT2D eigenvalue weighted by Gasteiger charge is -2.21. The highest BCUT2D eigenvalue weighted by Gasteiger charge is 2.28. The highest BCUT2D eigenvalue weighted by molar-refractivity contribution is 5.85. The first-order valence-corrected chi connectivity index (χ1v) is 9.04. The number of ether oxygens (including phenoxy) is 3. The molecule has 2 amide bonds. The molecule has 3 rings (SSSR count). The summed E-state index contributed by atoms with van der Waals surface area (Å²) in [6, 6.07) is 14.4. The van der Waals surface area contributed by atoms with Crippen molar-refractivity contribution < 1.29 is 23.8 Å². The van der Waals surface area contributed by atoms with E-state index in [0.29, 0.717) is 18.0 Å². The molecule has 28 heavy (non-hydrogen) atoms. The van der Waals surface area contributed by atoms with Gasteiger partial charge in [-0.05, 0) is 32.4 Å². The molecule has 0 aliphatic carbocycles. The SMILES string of the molecule is CC(C)(C)OC(=O)N[C@H]1COc2cc(NC(=O)OCc3ccccc3)ccc21. The van der Waals surface area contributed by atoms with Crippen molar-refractivity contribution in [3.63, 3.8) is 0 Å². The molecule has 0 saturated heterocycles. The minimum atomic E-state index is -0.569. The molecular formula is C21H24N2O5. The Bertz CT molecular complexity index is 846. The molecule has 1 heterocycles. The standard InChI is InChI=1S/C21H24N2O5/c1-21(2,3)28-20(25)23-17-13-26-18-11-15(9-10-16(17)18)22-19(24)27-12-14-7-5-4-6-8-14/h4-11,17H,12-13H2,1-3H3,(H,22,24)(H,23,25)/t17-/m0/s1. The lowest BCUT2D eigenvalue weighted by atomic mass is 10.1. The molecule has 2 aromatic carbocycles. The summed E-state index contributed by atoms with van der Waals surface area (Å²) in [4.78, 5) is 23.9. The van der Waals surface area contributed by atoms with Crippen LogP contribution < -0.4 is 15.4 Å². The van der Waals surface area contributed by atoms with E-state index in [0.717, 1.165) is 11.1 Å². The molecule has 2 aromatic rings. The Balaban J connectivity index is 1.55. The number of anilines is 1. The summed E-state index contributed by atoms with van der Waals surface area (Å²) in [5.41, 5.74) is 1.72. The predicted octanol–water partition coefficient (Wildman–Crippen LogP) is 4.39. The third-order valence-electron chi connectivity index (χ3n) is 3.94. The number of hydrogen-bond donors (Lipinski definition) is 2. The van der Waals surface area contributed by atoms with Crippen LogP contribution in [0.2, 0.25) is 0 Å². The van der Waals surface area contributed by atoms with Gasteiger partial charge in [0.1, 0.15) is 24.6 Å². The zero-order valence-electron chi connectivity index (χ0n) is 16.2. The summed E-state index contributed by atoms with van der Waals surface area (Å²) in [6.07, 6.45) is -1.05. The minimum Gasteiger partial charge on any atom is -0.491 e. The minimum absolute atomic E-state index is 0.190. The highest BCUT2D eigenvalue weighted by atomic mass is 16.6. The van der Waals surface area contributed by atoms with E-state index in [4.69, 9.17) is 14.2 Å². The third-order valence-corrected chi connectivity index (χ3v) is 3.94. The number of alkyl carbamates (subject to hydrolysis) is 1. The average Bonchev–Trinajstić information content (AvgIpc) is 3.01. The van der Waals surface area contributed by atoms with Crippen LogP contribution in [0.1, 0.15) is 37.9 Å². The van der Waals surface area contributed by atoms with E-state index in [1.165, 1.54) is 0 Å². The van der Waals surface area contributed by atoms with Crippen molar-refractivity contribution in [2.45, 2.75) is 39.0 Å². The molecule has 0 spiro atoms. The second-order valence-corrected chi connectivity index (χ2v) is 7.45. The summed E-state index contributed by atoms with van der Waals surface area (Å²) >= 11 is 0. The Kier molecular flexibility index (Phi) is 5.73. The maximum atomic E-state index is 12.0. The Morgan fingerprint density at radius 1 is 1.11 bits per heavy atom. The lowest BCUT2D eigenvalue weighted by molar-refractivity contribution is 0.0497. The second kappa shape index (κ2) is 8.21. The van der Waals surface area contributed by atoms with E-state index in [1.54, 1.807) is 39.0 Å². The van der Waals surface area contributed by atoms with Gasteiger partial charge >= 0.3 is 12.2 Å².